The minimum Gasteiger partial charge on any atom is -0.497 e. The number of hydrogen-bond donors (Lipinski definition) is 1. The van der Waals surface area contributed by atoms with Gasteiger partial charge in [0.05, 0.1) is 7.11 Å². The number of carbonyl (C=O) groups is 3. The SMILES string of the molecule is COc1ccc(NC(=O)N2CCCCN3[C@H](CN4C(=O)CCC4=O)[C@H](c4ccc(C#Cc5ccccc5)cc4)[C@@H]3C2)cc1. The molecule has 0 aliphatic carbocycles. The molecule has 1 N–H and O–H groups in total. The summed E-state index contributed by atoms with van der Waals surface area (Å²) in [6.45, 7) is 2.48. The van der Waals surface area contributed by atoms with E-state index in [0.29, 0.717) is 25.3 Å². The van der Waals surface area contributed by atoms with Crippen molar-refractivity contribution in [2.75, 3.05) is 38.6 Å². The number of nitrogens with one attached hydrogen (secondary N) is 1. The number of carbonyl (C=O) groups excluding carboxylic acids is 3. The molecule has 0 radical (unpaired) electrons. The third-order valence-corrected chi connectivity index (χ3v) is 8.76. The largest absolute Gasteiger partial charge is 0.497 e. The molecule has 0 bridgehead atoms. The van der Waals surface area contributed by atoms with E-state index in [0.717, 1.165) is 41.8 Å². The highest BCUT2D eigenvalue weighted by atomic mass is 16.5. The van der Waals surface area contributed by atoms with Crippen LogP contribution < -0.4 is 10.1 Å². The van der Waals surface area contributed by atoms with Gasteiger partial charge in [-0.3, -0.25) is 19.4 Å². The zero-order valence-electron chi connectivity index (χ0n) is 24.4. The molecule has 43 heavy (non-hydrogen) atoms. The van der Waals surface area contributed by atoms with Crippen molar-refractivity contribution in [3.8, 4) is 17.6 Å². The summed E-state index contributed by atoms with van der Waals surface area (Å²) in [6.07, 6.45) is 2.39. The number of anilines is 1. The minimum absolute atomic E-state index is 0.00172. The monoisotopic (exact) mass is 576 g/mol. The fourth-order valence-corrected chi connectivity index (χ4v) is 6.47. The van der Waals surface area contributed by atoms with Gasteiger partial charge in [0.25, 0.3) is 0 Å². The maximum absolute atomic E-state index is 13.4. The number of benzene rings is 3. The Balaban J connectivity index is 1.23. The van der Waals surface area contributed by atoms with Crippen molar-refractivity contribution in [1.82, 2.24) is 14.7 Å². The Bertz CT molecular complexity index is 1510. The normalized spacial score (nSPS) is 22.0. The summed E-state index contributed by atoms with van der Waals surface area (Å²) >= 11 is 0. The van der Waals surface area contributed by atoms with Crippen LogP contribution in [0.5, 0.6) is 5.75 Å². The van der Waals surface area contributed by atoms with Gasteiger partial charge >= 0.3 is 6.03 Å². The average molecular weight is 577 g/mol. The van der Waals surface area contributed by atoms with Crippen LogP contribution >= 0.6 is 0 Å². The molecule has 0 unspecified atom stereocenters. The van der Waals surface area contributed by atoms with Crippen molar-refractivity contribution in [3.05, 3.63) is 95.6 Å². The van der Waals surface area contributed by atoms with E-state index in [1.54, 1.807) is 7.11 Å². The van der Waals surface area contributed by atoms with E-state index in [4.69, 9.17) is 4.74 Å². The second-order valence-corrected chi connectivity index (χ2v) is 11.3. The van der Waals surface area contributed by atoms with Crippen LogP contribution in [0.4, 0.5) is 10.5 Å². The number of rotatable bonds is 5. The molecular weight excluding hydrogens is 540 g/mol. The third kappa shape index (κ3) is 6.27. The first kappa shape index (κ1) is 28.5. The lowest BCUT2D eigenvalue weighted by molar-refractivity contribution is -0.142. The summed E-state index contributed by atoms with van der Waals surface area (Å²) in [6, 6.07) is 25.4. The predicted molar refractivity (Wildman–Crippen MR) is 165 cm³/mol. The Morgan fingerprint density at radius 1 is 0.860 bits per heavy atom. The van der Waals surface area contributed by atoms with Gasteiger partial charge in [0.1, 0.15) is 5.75 Å². The van der Waals surface area contributed by atoms with Gasteiger partial charge in [-0.25, -0.2) is 4.79 Å². The Morgan fingerprint density at radius 3 is 2.19 bits per heavy atom. The summed E-state index contributed by atoms with van der Waals surface area (Å²) in [5, 5.41) is 3.04. The molecule has 220 valence electrons. The number of amides is 4. The lowest BCUT2D eigenvalue weighted by Gasteiger charge is -2.58. The fourth-order valence-electron chi connectivity index (χ4n) is 6.47. The average Bonchev–Trinajstić information content (AvgIpc) is 3.34. The van der Waals surface area contributed by atoms with E-state index in [2.05, 4.69) is 34.2 Å². The van der Waals surface area contributed by atoms with E-state index >= 15 is 0 Å². The van der Waals surface area contributed by atoms with Gasteiger partial charge in [0, 0.05) is 67.3 Å². The molecule has 3 aromatic carbocycles. The van der Waals surface area contributed by atoms with E-state index in [1.165, 1.54) is 4.90 Å². The first-order chi connectivity index (χ1) is 21.0. The highest BCUT2D eigenvalue weighted by Gasteiger charge is 2.51. The molecule has 0 spiro atoms. The molecule has 8 heteroatoms. The predicted octanol–water partition coefficient (Wildman–Crippen LogP) is 4.71. The number of methoxy groups -OCH3 is 1. The molecule has 3 heterocycles. The maximum Gasteiger partial charge on any atom is 0.321 e. The summed E-state index contributed by atoms with van der Waals surface area (Å²) in [5.74, 6) is 7.07. The molecule has 3 saturated heterocycles. The molecule has 8 nitrogen and oxygen atoms in total. The minimum atomic E-state index is -0.134. The number of nitrogens with zero attached hydrogens (tertiary/aromatic N) is 3. The summed E-state index contributed by atoms with van der Waals surface area (Å²) in [5.41, 5.74) is 3.73. The van der Waals surface area contributed by atoms with Crippen LogP contribution in [-0.4, -0.2) is 77.9 Å². The molecule has 4 amide bonds. The third-order valence-electron chi connectivity index (χ3n) is 8.76. The van der Waals surface area contributed by atoms with Crippen molar-refractivity contribution in [1.29, 1.82) is 0 Å². The fraction of sp³-hybridized carbons (Fsp3) is 0.343. The van der Waals surface area contributed by atoms with Crippen LogP contribution in [0.1, 0.15) is 48.3 Å². The van der Waals surface area contributed by atoms with Crippen LogP contribution in [0.2, 0.25) is 0 Å². The first-order valence-electron chi connectivity index (χ1n) is 15.0. The summed E-state index contributed by atoms with van der Waals surface area (Å²) in [4.78, 5) is 44.3. The molecule has 0 saturated carbocycles. The zero-order valence-corrected chi connectivity index (χ0v) is 24.4. The number of fused-ring (bicyclic) bond motifs is 1. The second kappa shape index (κ2) is 12.7. The van der Waals surface area contributed by atoms with Crippen molar-refractivity contribution < 1.29 is 19.1 Å². The summed E-state index contributed by atoms with van der Waals surface area (Å²) in [7, 11) is 1.61. The second-order valence-electron chi connectivity index (χ2n) is 11.3. The maximum atomic E-state index is 13.4. The Morgan fingerprint density at radius 2 is 1.51 bits per heavy atom. The van der Waals surface area contributed by atoms with Gasteiger partial charge in [-0.1, -0.05) is 42.2 Å². The van der Waals surface area contributed by atoms with Crippen LogP contribution in [-0.2, 0) is 9.59 Å². The molecule has 3 atom stereocenters. The highest BCUT2D eigenvalue weighted by Crippen LogP contribution is 2.43. The topological polar surface area (TPSA) is 82.2 Å². The van der Waals surface area contributed by atoms with Crippen LogP contribution in [0.25, 0.3) is 0 Å². The number of ether oxygens (including phenoxy) is 1. The summed E-state index contributed by atoms with van der Waals surface area (Å²) < 4.78 is 5.24. The quantitative estimate of drug-likeness (QED) is 0.352. The lowest BCUT2D eigenvalue weighted by atomic mass is 9.73. The van der Waals surface area contributed by atoms with E-state index in [1.807, 2.05) is 71.6 Å². The first-order valence-corrected chi connectivity index (χ1v) is 15.0. The van der Waals surface area contributed by atoms with Crippen molar-refractivity contribution in [3.63, 3.8) is 0 Å². The number of hydrogen-bond acceptors (Lipinski definition) is 5. The Kier molecular flexibility index (Phi) is 8.43. The van der Waals surface area contributed by atoms with Crippen LogP contribution in [0, 0.1) is 11.8 Å². The van der Waals surface area contributed by atoms with Gasteiger partial charge in [0.2, 0.25) is 11.8 Å². The van der Waals surface area contributed by atoms with E-state index < -0.39 is 0 Å². The molecule has 6 rings (SSSR count). The lowest BCUT2D eigenvalue weighted by Crippen LogP contribution is -2.69. The van der Waals surface area contributed by atoms with Crippen molar-refractivity contribution >= 4 is 23.5 Å². The van der Waals surface area contributed by atoms with Gasteiger partial charge in [-0.15, -0.1) is 0 Å². The van der Waals surface area contributed by atoms with Gasteiger partial charge in [0.15, 0.2) is 0 Å². The standard InChI is InChI=1S/C35H36N4O4/c1-43-29-17-15-28(16-18-29)36-35(42)37-21-5-6-22-38-30(23-37)34(31(38)24-39-32(40)19-20-33(39)41)27-13-11-26(12-14-27)10-9-25-7-3-2-4-8-25/h2-4,7-8,11-18,30-31,34H,5-6,19-24H2,1H3,(H,36,42)/t30-,31+,34+/m0/s1. The smallest absolute Gasteiger partial charge is 0.321 e. The van der Waals surface area contributed by atoms with Crippen LogP contribution in [0.3, 0.4) is 0 Å². The molecule has 3 aromatic rings. The highest BCUT2D eigenvalue weighted by molar-refractivity contribution is 6.02. The zero-order chi connectivity index (χ0) is 29.8. The molecule has 3 aliphatic heterocycles. The number of imide groups is 1. The van der Waals surface area contributed by atoms with Crippen LogP contribution in [0.15, 0.2) is 78.9 Å². The molecular formula is C35H36N4O4. The molecule has 0 aromatic heterocycles. The van der Waals surface area contributed by atoms with E-state index in [-0.39, 0.29) is 48.7 Å². The van der Waals surface area contributed by atoms with E-state index in [9.17, 15) is 14.4 Å². The van der Waals surface area contributed by atoms with Gasteiger partial charge in [-0.2, -0.15) is 0 Å². The van der Waals surface area contributed by atoms with Gasteiger partial charge < -0.3 is 15.0 Å². The number of likely N-dealkylation sites (tertiary alicyclic amines) is 1. The molecule has 3 fully saturated rings. The Hall–Kier alpha value is -4.61. The Labute approximate surface area is 252 Å². The number of urea groups is 1. The molecule has 3 aliphatic rings. The van der Waals surface area contributed by atoms with Crippen molar-refractivity contribution in [2.45, 2.75) is 43.7 Å². The van der Waals surface area contributed by atoms with Crippen molar-refractivity contribution in [2.24, 2.45) is 0 Å². The van der Waals surface area contributed by atoms with Gasteiger partial charge in [-0.05, 0) is 73.5 Å².